The molecule has 1 amide bonds. The van der Waals surface area contributed by atoms with Crippen LogP contribution in [-0.4, -0.2) is 11.0 Å². The van der Waals surface area contributed by atoms with Crippen molar-refractivity contribution in [1.29, 1.82) is 0 Å². The number of halogens is 2. The summed E-state index contributed by atoms with van der Waals surface area (Å²) in [6, 6.07) is 6.32. The van der Waals surface area contributed by atoms with E-state index < -0.39 is 5.91 Å². The number of phenols is 1. The monoisotopic (exact) mass is 231 g/mol. The van der Waals surface area contributed by atoms with Crippen LogP contribution in [0.5, 0.6) is 5.75 Å². The van der Waals surface area contributed by atoms with E-state index in [9.17, 15) is 9.90 Å². The third-order valence-corrected chi connectivity index (χ3v) is 2.08. The van der Waals surface area contributed by atoms with Gasteiger partial charge in [-0.05, 0) is 12.1 Å². The molecule has 0 heterocycles. The quantitative estimate of drug-likeness (QED) is 0.608. The van der Waals surface area contributed by atoms with Gasteiger partial charge in [0.1, 0.15) is 10.8 Å². The van der Waals surface area contributed by atoms with Gasteiger partial charge >= 0.3 is 0 Å². The van der Waals surface area contributed by atoms with Gasteiger partial charge in [-0.2, -0.15) is 0 Å². The molecular weight excluding hydrogens is 225 g/mol. The van der Waals surface area contributed by atoms with E-state index in [-0.39, 0.29) is 16.5 Å². The zero-order valence-corrected chi connectivity index (χ0v) is 8.51. The van der Waals surface area contributed by atoms with Crippen molar-refractivity contribution in [2.45, 2.75) is 0 Å². The second-order valence-electron chi connectivity index (χ2n) is 2.43. The minimum absolute atomic E-state index is 0.0279. The standard InChI is InChI=1S/C9H7Cl2NO2/c10-5-6(11)9(14)12-7-3-1-2-4-8(7)13/h1-5,13H,(H,12,14)/b6-5-. The third kappa shape index (κ3) is 2.65. The van der Waals surface area contributed by atoms with E-state index in [4.69, 9.17) is 23.2 Å². The van der Waals surface area contributed by atoms with Crippen molar-refractivity contribution in [3.05, 3.63) is 34.8 Å². The summed E-state index contributed by atoms with van der Waals surface area (Å²) in [5, 5.41) is 11.5. The van der Waals surface area contributed by atoms with E-state index in [2.05, 4.69) is 5.32 Å². The average molecular weight is 232 g/mol. The minimum atomic E-state index is -0.567. The van der Waals surface area contributed by atoms with Crippen LogP contribution < -0.4 is 5.32 Å². The van der Waals surface area contributed by atoms with Crippen LogP contribution in [0.25, 0.3) is 0 Å². The van der Waals surface area contributed by atoms with E-state index in [1.807, 2.05) is 0 Å². The van der Waals surface area contributed by atoms with E-state index in [1.54, 1.807) is 18.2 Å². The van der Waals surface area contributed by atoms with Crippen molar-refractivity contribution in [2.75, 3.05) is 5.32 Å². The number of para-hydroxylation sites is 2. The van der Waals surface area contributed by atoms with Gasteiger partial charge in [-0.25, -0.2) is 0 Å². The lowest BCUT2D eigenvalue weighted by atomic mass is 10.3. The molecule has 1 rings (SSSR count). The van der Waals surface area contributed by atoms with E-state index >= 15 is 0 Å². The molecule has 0 spiro atoms. The van der Waals surface area contributed by atoms with Crippen molar-refractivity contribution in [3.63, 3.8) is 0 Å². The molecule has 0 atom stereocenters. The Hall–Kier alpha value is -1.19. The Balaban J connectivity index is 2.80. The normalized spacial score (nSPS) is 11.1. The molecule has 0 aliphatic rings. The molecular formula is C9H7Cl2NO2. The van der Waals surface area contributed by atoms with Crippen molar-refractivity contribution in [1.82, 2.24) is 0 Å². The first kappa shape index (κ1) is 10.9. The molecule has 0 aliphatic heterocycles. The van der Waals surface area contributed by atoms with Gasteiger partial charge in [0.15, 0.2) is 0 Å². The summed E-state index contributed by atoms with van der Waals surface area (Å²) in [7, 11) is 0. The highest BCUT2D eigenvalue weighted by atomic mass is 35.5. The molecule has 0 saturated carbocycles. The molecule has 74 valence electrons. The number of carbonyl (C=O) groups is 1. The van der Waals surface area contributed by atoms with Gasteiger partial charge in [-0.15, -0.1) is 0 Å². The van der Waals surface area contributed by atoms with Gasteiger partial charge in [-0.3, -0.25) is 4.79 Å². The van der Waals surface area contributed by atoms with Gasteiger partial charge < -0.3 is 10.4 Å². The lowest BCUT2D eigenvalue weighted by Crippen LogP contribution is -2.11. The van der Waals surface area contributed by atoms with Crippen LogP contribution >= 0.6 is 23.2 Å². The Bertz CT molecular complexity index is 377. The first-order valence-electron chi connectivity index (χ1n) is 3.70. The molecule has 14 heavy (non-hydrogen) atoms. The zero-order chi connectivity index (χ0) is 10.6. The fraction of sp³-hybridized carbons (Fsp3) is 0. The summed E-state index contributed by atoms with van der Waals surface area (Å²) < 4.78 is 0. The first-order valence-corrected chi connectivity index (χ1v) is 4.52. The summed E-state index contributed by atoms with van der Waals surface area (Å²) in [4.78, 5) is 11.2. The maximum absolute atomic E-state index is 11.2. The molecule has 0 unspecified atom stereocenters. The minimum Gasteiger partial charge on any atom is -0.506 e. The average Bonchev–Trinajstić information content (AvgIpc) is 2.20. The number of anilines is 1. The molecule has 1 aromatic rings. The smallest absolute Gasteiger partial charge is 0.268 e. The Labute approximate surface area is 90.9 Å². The lowest BCUT2D eigenvalue weighted by molar-refractivity contribution is -0.112. The van der Waals surface area contributed by atoms with Gasteiger partial charge in [-0.1, -0.05) is 35.3 Å². The molecule has 0 bridgehead atoms. The SMILES string of the molecule is O=C(Nc1ccccc1O)/C(Cl)=C/Cl. The number of benzene rings is 1. The molecule has 0 fully saturated rings. The number of carbonyl (C=O) groups excluding carboxylic acids is 1. The molecule has 3 nitrogen and oxygen atoms in total. The van der Waals surface area contributed by atoms with Gasteiger partial charge in [0.2, 0.25) is 0 Å². The number of aromatic hydroxyl groups is 1. The Kier molecular flexibility index (Phi) is 3.80. The third-order valence-electron chi connectivity index (χ3n) is 1.46. The van der Waals surface area contributed by atoms with Crippen molar-refractivity contribution >= 4 is 34.8 Å². The number of rotatable bonds is 2. The van der Waals surface area contributed by atoms with Crippen LogP contribution in [0, 0.1) is 0 Å². The lowest BCUT2D eigenvalue weighted by Gasteiger charge is -2.05. The molecule has 5 heteroatoms. The molecule has 0 aromatic heterocycles. The second kappa shape index (κ2) is 4.88. The van der Waals surface area contributed by atoms with Crippen LogP contribution in [0.15, 0.2) is 34.8 Å². The number of phenolic OH excluding ortho intramolecular Hbond substituents is 1. The zero-order valence-electron chi connectivity index (χ0n) is 7.00. The van der Waals surface area contributed by atoms with E-state index in [0.717, 1.165) is 5.54 Å². The van der Waals surface area contributed by atoms with Crippen LogP contribution in [0.3, 0.4) is 0 Å². The first-order chi connectivity index (χ1) is 6.65. The van der Waals surface area contributed by atoms with Crippen molar-refractivity contribution in [3.8, 4) is 5.75 Å². The number of nitrogens with one attached hydrogen (secondary N) is 1. The number of hydrogen-bond acceptors (Lipinski definition) is 2. The van der Waals surface area contributed by atoms with Crippen LogP contribution in [0.4, 0.5) is 5.69 Å². The molecule has 2 N–H and O–H groups in total. The maximum Gasteiger partial charge on any atom is 0.268 e. The Morgan fingerprint density at radius 3 is 2.64 bits per heavy atom. The molecule has 1 aromatic carbocycles. The van der Waals surface area contributed by atoms with Crippen LogP contribution in [0.1, 0.15) is 0 Å². The summed E-state index contributed by atoms with van der Waals surface area (Å²) in [5.74, 6) is -0.594. The highest BCUT2D eigenvalue weighted by molar-refractivity contribution is 6.47. The molecule has 0 aliphatic carbocycles. The van der Waals surface area contributed by atoms with Crippen molar-refractivity contribution < 1.29 is 9.90 Å². The summed E-state index contributed by atoms with van der Waals surface area (Å²) >= 11 is 10.7. The van der Waals surface area contributed by atoms with Crippen molar-refractivity contribution in [2.24, 2.45) is 0 Å². The predicted molar refractivity (Wildman–Crippen MR) is 56.5 cm³/mol. The Morgan fingerprint density at radius 1 is 1.43 bits per heavy atom. The second-order valence-corrected chi connectivity index (χ2v) is 3.05. The summed E-state index contributed by atoms with van der Waals surface area (Å²) in [6.07, 6.45) is 0. The fourth-order valence-electron chi connectivity index (χ4n) is 0.811. The number of amides is 1. The van der Waals surface area contributed by atoms with Gasteiger partial charge in [0.05, 0.1) is 5.69 Å². The topological polar surface area (TPSA) is 49.3 Å². The predicted octanol–water partition coefficient (Wildman–Crippen LogP) is 2.65. The van der Waals surface area contributed by atoms with Crippen LogP contribution in [-0.2, 0) is 4.79 Å². The highest BCUT2D eigenvalue weighted by Crippen LogP contribution is 2.22. The number of hydrogen-bond donors (Lipinski definition) is 2. The molecule has 0 radical (unpaired) electrons. The summed E-state index contributed by atoms with van der Waals surface area (Å²) in [5.41, 5.74) is 1.24. The van der Waals surface area contributed by atoms with Gasteiger partial charge in [0, 0.05) is 5.54 Å². The van der Waals surface area contributed by atoms with E-state index in [0.29, 0.717) is 0 Å². The van der Waals surface area contributed by atoms with E-state index in [1.165, 1.54) is 6.07 Å². The maximum atomic E-state index is 11.2. The fourth-order valence-corrected chi connectivity index (χ4v) is 0.957. The van der Waals surface area contributed by atoms with Gasteiger partial charge in [0.25, 0.3) is 5.91 Å². The van der Waals surface area contributed by atoms with Crippen LogP contribution in [0.2, 0.25) is 0 Å². The molecule has 0 saturated heterocycles. The highest BCUT2D eigenvalue weighted by Gasteiger charge is 2.08. The summed E-state index contributed by atoms with van der Waals surface area (Å²) in [6.45, 7) is 0. The largest absolute Gasteiger partial charge is 0.506 e. The Morgan fingerprint density at radius 2 is 2.07 bits per heavy atom.